The average molecular weight is 309 g/mol. The van der Waals surface area contributed by atoms with Gasteiger partial charge in [-0.3, -0.25) is 10.1 Å². The van der Waals surface area contributed by atoms with Gasteiger partial charge in [0.2, 0.25) is 0 Å². The molecule has 2 amide bonds. The van der Waals surface area contributed by atoms with Crippen LogP contribution in [0.4, 0.5) is 4.79 Å². The average Bonchev–Trinajstić information content (AvgIpc) is 2.38. The van der Waals surface area contributed by atoms with Crippen molar-refractivity contribution in [1.29, 1.82) is 0 Å². The molecule has 0 aromatic heterocycles. The number of hydrogen-bond donors (Lipinski definition) is 2. The number of rotatable bonds is 3. The molecular formula is C15H23N3O2S. The van der Waals surface area contributed by atoms with E-state index in [4.69, 9.17) is 0 Å². The molecule has 0 radical (unpaired) electrons. The fourth-order valence-electron chi connectivity index (χ4n) is 2.77. The molecule has 0 spiro atoms. The van der Waals surface area contributed by atoms with Crippen LogP contribution >= 0.6 is 0 Å². The van der Waals surface area contributed by atoms with Crippen LogP contribution in [0.25, 0.3) is 0 Å². The van der Waals surface area contributed by atoms with Gasteiger partial charge in [-0.2, -0.15) is 0 Å². The zero-order chi connectivity index (χ0) is 15.4. The van der Waals surface area contributed by atoms with Gasteiger partial charge in [0.15, 0.2) is 11.0 Å². The molecule has 2 rings (SSSR count). The fourth-order valence-corrected chi connectivity index (χ4v) is 3.79. The molecule has 0 bridgehead atoms. The van der Waals surface area contributed by atoms with Crippen LogP contribution in [0.1, 0.15) is 36.0 Å². The van der Waals surface area contributed by atoms with Crippen molar-refractivity contribution < 1.29 is 9.00 Å². The van der Waals surface area contributed by atoms with Crippen LogP contribution in [-0.2, 0) is 11.0 Å². The summed E-state index contributed by atoms with van der Waals surface area (Å²) in [5.74, 6) is 0. The smallest absolute Gasteiger partial charge is 0.270 e. The van der Waals surface area contributed by atoms with Gasteiger partial charge in [-0.15, -0.1) is 0 Å². The lowest BCUT2D eigenvalue weighted by Gasteiger charge is -2.26. The maximum atomic E-state index is 12.4. The summed E-state index contributed by atoms with van der Waals surface area (Å²) >= 11 is 0. The molecule has 0 aliphatic carbocycles. The summed E-state index contributed by atoms with van der Waals surface area (Å²) in [6.45, 7) is 7.53. The van der Waals surface area contributed by atoms with Crippen LogP contribution < -0.4 is 10.1 Å². The standard InChI is InChI=1S/C15H23N3O2S/c1-11-9-12(2)14(13(3)10-11)21(20)17-15(19)16-18-7-5-4-6-8-18/h9-10H,4-8H2,1-3H3,(H2,16,17,19). The molecule has 1 heterocycles. The van der Waals surface area contributed by atoms with Crippen LogP contribution in [0.3, 0.4) is 0 Å². The second-order valence-corrected chi connectivity index (χ2v) is 6.74. The van der Waals surface area contributed by atoms with Crippen molar-refractivity contribution in [3.63, 3.8) is 0 Å². The lowest BCUT2D eigenvalue weighted by atomic mass is 10.1. The van der Waals surface area contributed by atoms with Crippen LogP contribution in [0.5, 0.6) is 0 Å². The largest absolute Gasteiger partial charge is 0.341 e. The summed E-state index contributed by atoms with van der Waals surface area (Å²) in [6.07, 6.45) is 3.37. The van der Waals surface area contributed by atoms with Crippen molar-refractivity contribution >= 4 is 17.0 Å². The maximum Gasteiger partial charge on any atom is 0.341 e. The third-order valence-electron chi connectivity index (χ3n) is 3.59. The minimum absolute atomic E-state index is 0.408. The minimum Gasteiger partial charge on any atom is -0.270 e. The number of nitrogens with one attached hydrogen (secondary N) is 2. The number of amides is 2. The maximum absolute atomic E-state index is 12.4. The van der Waals surface area contributed by atoms with E-state index in [0.717, 1.165) is 42.6 Å². The monoisotopic (exact) mass is 309 g/mol. The van der Waals surface area contributed by atoms with Gasteiger partial charge in [-0.25, -0.2) is 14.0 Å². The van der Waals surface area contributed by atoms with E-state index in [0.29, 0.717) is 4.90 Å². The van der Waals surface area contributed by atoms with E-state index >= 15 is 0 Å². The van der Waals surface area contributed by atoms with Gasteiger partial charge >= 0.3 is 6.03 Å². The number of hydrazine groups is 1. The molecule has 1 fully saturated rings. The van der Waals surface area contributed by atoms with Crippen LogP contribution in [0, 0.1) is 20.8 Å². The topological polar surface area (TPSA) is 61.4 Å². The highest BCUT2D eigenvalue weighted by Gasteiger charge is 2.17. The molecule has 0 saturated carbocycles. The van der Waals surface area contributed by atoms with Crippen LogP contribution in [0.15, 0.2) is 17.0 Å². The van der Waals surface area contributed by atoms with Gasteiger partial charge in [0, 0.05) is 13.1 Å². The van der Waals surface area contributed by atoms with Gasteiger partial charge in [-0.05, 0) is 44.7 Å². The second kappa shape index (κ2) is 7.04. The van der Waals surface area contributed by atoms with Gasteiger partial charge in [0.1, 0.15) is 0 Å². The van der Waals surface area contributed by atoms with Crippen molar-refractivity contribution in [3.05, 3.63) is 28.8 Å². The molecule has 6 heteroatoms. The summed E-state index contributed by atoms with van der Waals surface area (Å²) in [5, 5.41) is 1.88. The third kappa shape index (κ3) is 4.28. The zero-order valence-electron chi connectivity index (χ0n) is 12.9. The van der Waals surface area contributed by atoms with E-state index in [2.05, 4.69) is 10.1 Å². The summed E-state index contributed by atoms with van der Waals surface area (Å²) in [4.78, 5) is 12.6. The molecule has 1 aromatic carbocycles. The van der Waals surface area contributed by atoms with Crippen molar-refractivity contribution in [2.24, 2.45) is 0 Å². The number of aryl methyl sites for hydroxylation is 3. The first kappa shape index (κ1) is 16.0. The Kier molecular flexibility index (Phi) is 5.36. The van der Waals surface area contributed by atoms with E-state index in [1.807, 2.05) is 37.9 Å². The second-order valence-electron chi connectivity index (χ2n) is 5.59. The first-order valence-corrected chi connectivity index (χ1v) is 8.44. The highest BCUT2D eigenvalue weighted by molar-refractivity contribution is 7.83. The Balaban J connectivity index is 1.99. The Morgan fingerprint density at radius 2 is 1.67 bits per heavy atom. The number of piperidine rings is 1. The fraction of sp³-hybridized carbons (Fsp3) is 0.533. The molecule has 1 aliphatic rings. The molecule has 1 unspecified atom stereocenters. The first-order chi connectivity index (χ1) is 9.97. The Labute approximate surface area is 128 Å². The normalized spacial score (nSPS) is 17.3. The predicted molar refractivity (Wildman–Crippen MR) is 84.2 cm³/mol. The quantitative estimate of drug-likeness (QED) is 0.901. The molecule has 1 aromatic rings. The zero-order valence-corrected chi connectivity index (χ0v) is 13.7. The van der Waals surface area contributed by atoms with Crippen LogP contribution in [0.2, 0.25) is 0 Å². The van der Waals surface area contributed by atoms with Crippen molar-refractivity contribution in [2.45, 2.75) is 44.9 Å². The number of carbonyl (C=O) groups excluding carboxylic acids is 1. The summed E-state index contributed by atoms with van der Waals surface area (Å²) in [5.41, 5.74) is 5.76. The molecule has 1 saturated heterocycles. The Hall–Kier alpha value is -1.40. The van der Waals surface area contributed by atoms with Crippen LogP contribution in [-0.4, -0.2) is 28.3 Å². The van der Waals surface area contributed by atoms with E-state index in [1.54, 1.807) is 0 Å². The Morgan fingerprint density at radius 1 is 1.10 bits per heavy atom. The van der Waals surface area contributed by atoms with Gasteiger partial charge in [-0.1, -0.05) is 24.1 Å². The molecule has 1 aliphatic heterocycles. The van der Waals surface area contributed by atoms with Crippen molar-refractivity contribution in [3.8, 4) is 0 Å². The number of nitrogens with zero attached hydrogens (tertiary/aromatic N) is 1. The Morgan fingerprint density at radius 3 is 2.24 bits per heavy atom. The number of urea groups is 1. The van der Waals surface area contributed by atoms with E-state index in [1.165, 1.54) is 6.42 Å². The van der Waals surface area contributed by atoms with Gasteiger partial charge < -0.3 is 0 Å². The summed E-state index contributed by atoms with van der Waals surface area (Å²) in [7, 11) is -1.54. The molecule has 1 atom stereocenters. The SMILES string of the molecule is Cc1cc(C)c(S(=O)NC(=O)NN2CCCCC2)c(C)c1. The molecule has 2 N–H and O–H groups in total. The molecule has 5 nitrogen and oxygen atoms in total. The van der Waals surface area contributed by atoms with E-state index in [-0.39, 0.29) is 0 Å². The van der Waals surface area contributed by atoms with Gasteiger partial charge in [0.05, 0.1) is 4.90 Å². The van der Waals surface area contributed by atoms with Gasteiger partial charge in [0.25, 0.3) is 0 Å². The minimum atomic E-state index is -1.54. The number of hydrogen-bond acceptors (Lipinski definition) is 3. The molecule has 116 valence electrons. The molecular weight excluding hydrogens is 286 g/mol. The highest BCUT2D eigenvalue weighted by atomic mass is 32.2. The predicted octanol–water partition coefficient (Wildman–Crippen LogP) is 2.33. The first-order valence-electron chi connectivity index (χ1n) is 7.29. The third-order valence-corrected chi connectivity index (χ3v) is 4.98. The number of benzene rings is 1. The lowest BCUT2D eigenvalue weighted by Crippen LogP contribution is -2.49. The Bertz CT molecular complexity index is 531. The molecule has 21 heavy (non-hydrogen) atoms. The number of carbonyl (C=O) groups is 1. The lowest BCUT2D eigenvalue weighted by molar-refractivity contribution is 0.158. The van der Waals surface area contributed by atoms with Crippen molar-refractivity contribution in [2.75, 3.05) is 13.1 Å². The van der Waals surface area contributed by atoms with E-state index in [9.17, 15) is 9.00 Å². The van der Waals surface area contributed by atoms with E-state index < -0.39 is 17.0 Å². The van der Waals surface area contributed by atoms with Crippen molar-refractivity contribution in [1.82, 2.24) is 15.2 Å². The summed E-state index contributed by atoms with van der Waals surface area (Å²) in [6, 6.07) is 3.55. The summed E-state index contributed by atoms with van der Waals surface area (Å²) < 4.78 is 14.9. The highest BCUT2D eigenvalue weighted by Crippen LogP contribution is 2.19.